The number of benzene rings is 1. The number of allylic oxidation sites excluding steroid dienone is 2. The lowest BCUT2D eigenvalue weighted by Gasteiger charge is -2.22. The average molecular weight is 287 g/mol. The third kappa shape index (κ3) is 5.55. The summed E-state index contributed by atoms with van der Waals surface area (Å²) in [6.45, 7) is 8.46. The van der Waals surface area contributed by atoms with Crippen molar-refractivity contribution in [2.45, 2.75) is 46.1 Å². The van der Waals surface area contributed by atoms with Gasteiger partial charge in [-0.25, -0.2) is 0 Å². The fourth-order valence-electron chi connectivity index (χ4n) is 2.62. The van der Waals surface area contributed by atoms with E-state index in [2.05, 4.69) is 62.5 Å². The van der Waals surface area contributed by atoms with Gasteiger partial charge >= 0.3 is 0 Å². The van der Waals surface area contributed by atoms with Gasteiger partial charge in [-0.15, -0.1) is 0 Å². The van der Waals surface area contributed by atoms with Crippen molar-refractivity contribution in [3.05, 3.63) is 42.0 Å². The summed E-state index contributed by atoms with van der Waals surface area (Å²) in [5.74, 6) is 2.33. The first-order chi connectivity index (χ1) is 10.1. The number of hydrogen-bond acceptors (Lipinski definition) is 2. The molecule has 0 radical (unpaired) electrons. The van der Waals surface area contributed by atoms with Gasteiger partial charge in [0.1, 0.15) is 5.75 Å². The second-order valence-corrected chi connectivity index (χ2v) is 6.55. The molecule has 0 amide bonds. The van der Waals surface area contributed by atoms with E-state index in [0.29, 0.717) is 12.0 Å². The molecular weight excluding hydrogens is 258 g/mol. The lowest BCUT2D eigenvalue weighted by Crippen LogP contribution is -2.26. The first kappa shape index (κ1) is 16.1. The van der Waals surface area contributed by atoms with Crippen LogP contribution in [0.2, 0.25) is 0 Å². The SMILES string of the molecule is CC(C)COc1ccc(C(C)NCC2CC=CCC2)cc1. The zero-order valence-electron chi connectivity index (χ0n) is 13.6. The molecule has 21 heavy (non-hydrogen) atoms. The van der Waals surface area contributed by atoms with Gasteiger partial charge in [0.25, 0.3) is 0 Å². The van der Waals surface area contributed by atoms with Crippen LogP contribution in [0.4, 0.5) is 0 Å². The molecule has 0 saturated carbocycles. The molecular formula is C19H29NO. The molecule has 1 aliphatic rings. The molecule has 2 heteroatoms. The number of hydrogen-bond donors (Lipinski definition) is 1. The highest BCUT2D eigenvalue weighted by atomic mass is 16.5. The van der Waals surface area contributed by atoms with Crippen molar-refractivity contribution in [2.24, 2.45) is 11.8 Å². The van der Waals surface area contributed by atoms with Crippen LogP contribution in [0.25, 0.3) is 0 Å². The summed E-state index contributed by atoms with van der Waals surface area (Å²) < 4.78 is 5.73. The van der Waals surface area contributed by atoms with Crippen LogP contribution in [-0.4, -0.2) is 13.2 Å². The molecule has 2 rings (SSSR count). The normalized spacial score (nSPS) is 19.7. The van der Waals surface area contributed by atoms with Crippen LogP contribution in [0.3, 0.4) is 0 Å². The molecule has 0 saturated heterocycles. The monoisotopic (exact) mass is 287 g/mol. The molecule has 0 fully saturated rings. The summed E-state index contributed by atoms with van der Waals surface area (Å²) in [7, 11) is 0. The third-order valence-corrected chi connectivity index (χ3v) is 4.05. The lowest BCUT2D eigenvalue weighted by molar-refractivity contribution is 0.271. The Labute approximate surface area is 129 Å². The van der Waals surface area contributed by atoms with Crippen LogP contribution in [0.15, 0.2) is 36.4 Å². The molecule has 0 heterocycles. The van der Waals surface area contributed by atoms with Crippen molar-refractivity contribution in [3.63, 3.8) is 0 Å². The van der Waals surface area contributed by atoms with Gasteiger partial charge < -0.3 is 10.1 Å². The molecule has 1 aromatic carbocycles. The highest BCUT2D eigenvalue weighted by molar-refractivity contribution is 5.29. The van der Waals surface area contributed by atoms with Crippen LogP contribution in [0, 0.1) is 11.8 Å². The minimum Gasteiger partial charge on any atom is -0.493 e. The Balaban J connectivity index is 1.79. The van der Waals surface area contributed by atoms with Crippen LogP contribution in [0.1, 0.15) is 51.6 Å². The van der Waals surface area contributed by atoms with E-state index in [0.717, 1.165) is 24.8 Å². The highest BCUT2D eigenvalue weighted by Gasteiger charge is 2.12. The predicted molar refractivity (Wildman–Crippen MR) is 89.7 cm³/mol. The molecule has 0 aliphatic heterocycles. The van der Waals surface area contributed by atoms with Crippen LogP contribution in [0.5, 0.6) is 5.75 Å². The summed E-state index contributed by atoms with van der Waals surface area (Å²) in [4.78, 5) is 0. The Kier molecular flexibility index (Phi) is 6.31. The van der Waals surface area contributed by atoms with Gasteiger partial charge in [-0.05, 0) is 62.3 Å². The Morgan fingerprint density at radius 3 is 2.52 bits per heavy atom. The van der Waals surface area contributed by atoms with E-state index in [9.17, 15) is 0 Å². The lowest BCUT2D eigenvalue weighted by atomic mass is 9.94. The molecule has 1 N–H and O–H groups in total. The van der Waals surface area contributed by atoms with Crippen molar-refractivity contribution in [1.82, 2.24) is 5.32 Å². The highest BCUT2D eigenvalue weighted by Crippen LogP contribution is 2.21. The van der Waals surface area contributed by atoms with E-state index in [1.165, 1.54) is 24.8 Å². The van der Waals surface area contributed by atoms with E-state index in [1.807, 2.05) is 0 Å². The van der Waals surface area contributed by atoms with Crippen molar-refractivity contribution in [2.75, 3.05) is 13.2 Å². The topological polar surface area (TPSA) is 21.3 Å². The summed E-state index contributed by atoms with van der Waals surface area (Å²) in [5, 5.41) is 3.66. The average Bonchev–Trinajstić information content (AvgIpc) is 2.52. The van der Waals surface area contributed by atoms with Crippen molar-refractivity contribution in [3.8, 4) is 5.75 Å². The van der Waals surface area contributed by atoms with E-state index >= 15 is 0 Å². The number of rotatable bonds is 7. The summed E-state index contributed by atoms with van der Waals surface area (Å²) in [5.41, 5.74) is 1.33. The maximum Gasteiger partial charge on any atom is 0.119 e. The maximum atomic E-state index is 5.73. The predicted octanol–water partition coefficient (Wildman–Crippen LogP) is 4.73. The molecule has 1 aromatic rings. The minimum absolute atomic E-state index is 0.398. The molecule has 116 valence electrons. The van der Waals surface area contributed by atoms with Gasteiger partial charge in [-0.3, -0.25) is 0 Å². The third-order valence-electron chi connectivity index (χ3n) is 4.05. The van der Waals surface area contributed by atoms with E-state index in [4.69, 9.17) is 4.74 Å². The standard InChI is InChI=1S/C19H29NO/c1-15(2)14-21-19-11-9-18(10-12-19)16(3)20-13-17-7-5-4-6-8-17/h4-5,9-12,15-17,20H,6-8,13-14H2,1-3H3. The van der Waals surface area contributed by atoms with E-state index in [1.54, 1.807) is 0 Å². The summed E-state index contributed by atoms with van der Waals surface area (Å²) in [6.07, 6.45) is 8.40. The Morgan fingerprint density at radius 2 is 1.90 bits per heavy atom. The molecule has 0 aromatic heterocycles. The van der Waals surface area contributed by atoms with E-state index in [-0.39, 0.29) is 0 Å². The van der Waals surface area contributed by atoms with E-state index < -0.39 is 0 Å². The smallest absolute Gasteiger partial charge is 0.119 e. The van der Waals surface area contributed by atoms with Gasteiger partial charge in [-0.1, -0.05) is 38.1 Å². The largest absolute Gasteiger partial charge is 0.493 e. The van der Waals surface area contributed by atoms with Gasteiger partial charge in [0.2, 0.25) is 0 Å². The van der Waals surface area contributed by atoms with Crippen molar-refractivity contribution in [1.29, 1.82) is 0 Å². The van der Waals surface area contributed by atoms with Crippen molar-refractivity contribution >= 4 is 0 Å². The first-order valence-electron chi connectivity index (χ1n) is 8.26. The molecule has 2 nitrogen and oxygen atoms in total. The number of nitrogens with one attached hydrogen (secondary N) is 1. The van der Waals surface area contributed by atoms with Gasteiger partial charge in [0.05, 0.1) is 6.61 Å². The second kappa shape index (κ2) is 8.23. The Hall–Kier alpha value is -1.28. The molecule has 0 spiro atoms. The molecule has 2 atom stereocenters. The summed E-state index contributed by atoms with van der Waals surface area (Å²) in [6, 6.07) is 8.91. The Bertz CT molecular complexity index is 435. The van der Waals surface area contributed by atoms with Gasteiger partial charge in [0.15, 0.2) is 0 Å². The zero-order chi connectivity index (χ0) is 15.1. The van der Waals surface area contributed by atoms with Crippen LogP contribution in [-0.2, 0) is 0 Å². The van der Waals surface area contributed by atoms with Crippen molar-refractivity contribution < 1.29 is 4.74 Å². The van der Waals surface area contributed by atoms with Crippen LogP contribution >= 0.6 is 0 Å². The summed E-state index contributed by atoms with van der Waals surface area (Å²) >= 11 is 0. The van der Waals surface area contributed by atoms with Gasteiger partial charge in [-0.2, -0.15) is 0 Å². The Morgan fingerprint density at radius 1 is 1.14 bits per heavy atom. The molecule has 1 aliphatic carbocycles. The molecule has 2 unspecified atom stereocenters. The van der Waals surface area contributed by atoms with Crippen LogP contribution < -0.4 is 10.1 Å². The maximum absolute atomic E-state index is 5.73. The molecule has 0 bridgehead atoms. The quantitative estimate of drug-likeness (QED) is 0.732. The zero-order valence-corrected chi connectivity index (χ0v) is 13.6. The fraction of sp³-hybridized carbons (Fsp3) is 0.579. The second-order valence-electron chi connectivity index (χ2n) is 6.55. The fourth-order valence-corrected chi connectivity index (χ4v) is 2.62. The van der Waals surface area contributed by atoms with Gasteiger partial charge in [0, 0.05) is 6.04 Å². The number of ether oxygens (including phenoxy) is 1. The minimum atomic E-state index is 0.398. The first-order valence-corrected chi connectivity index (χ1v) is 8.26.